The number of aryl methyl sites for hydroxylation is 2. The van der Waals surface area contributed by atoms with Gasteiger partial charge in [-0.25, -0.2) is 13.2 Å². The topological polar surface area (TPSA) is 132 Å². The summed E-state index contributed by atoms with van der Waals surface area (Å²) in [6, 6.07) is 5.01. The summed E-state index contributed by atoms with van der Waals surface area (Å²) in [7, 11) is -3.97. The quantitative estimate of drug-likeness (QED) is 0.396. The van der Waals surface area contributed by atoms with E-state index in [9.17, 15) is 22.8 Å². The zero-order chi connectivity index (χ0) is 24.9. The molecule has 2 aromatic rings. The summed E-state index contributed by atoms with van der Waals surface area (Å²) in [6.45, 7) is 9.65. The fourth-order valence-electron chi connectivity index (χ4n) is 3.25. The van der Waals surface area contributed by atoms with Crippen molar-refractivity contribution in [1.82, 2.24) is 9.71 Å². The van der Waals surface area contributed by atoms with Crippen molar-refractivity contribution >= 4 is 27.7 Å². The highest BCUT2D eigenvalue weighted by molar-refractivity contribution is 7.89. The highest BCUT2D eigenvalue weighted by Crippen LogP contribution is 2.20. The Morgan fingerprint density at radius 3 is 2.18 bits per heavy atom. The number of nitrogens with one attached hydrogen (secondary N) is 2. The van der Waals surface area contributed by atoms with Crippen LogP contribution in [0.15, 0.2) is 29.2 Å². The van der Waals surface area contributed by atoms with Crippen LogP contribution in [0, 0.1) is 26.7 Å². The smallest absolute Gasteiger partial charge is 0.340 e. The minimum absolute atomic E-state index is 0.0200. The van der Waals surface area contributed by atoms with Gasteiger partial charge in [-0.1, -0.05) is 31.5 Å². The average molecular weight is 479 g/mol. The molecule has 0 spiro atoms. The lowest BCUT2D eigenvalue weighted by molar-refractivity contribution is -0.145. The van der Waals surface area contributed by atoms with Gasteiger partial charge in [0, 0.05) is 5.69 Å². The molecular formula is C23H30N2O7S. The fourth-order valence-corrected chi connectivity index (χ4v) is 4.58. The number of aromatic nitrogens is 1. The van der Waals surface area contributed by atoms with Crippen LogP contribution in [0.3, 0.4) is 0 Å². The molecule has 1 aromatic carbocycles. The van der Waals surface area contributed by atoms with Crippen molar-refractivity contribution in [3.63, 3.8) is 0 Å². The number of H-pyrrole nitrogens is 1. The van der Waals surface area contributed by atoms with E-state index < -0.39 is 46.3 Å². The Kier molecular flexibility index (Phi) is 8.57. The summed E-state index contributed by atoms with van der Waals surface area (Å²) in [5.74, 6) is -2.41. The number of carbonyl (C=O) groups is 3. The highest BCUT2D eigenvalue weighted by Gasteiger charge is 2.31. The lowest BCUT2D eigenvalue weighted by Crippen LogP contribution is -2.45. The summed E-state index contributed by atoms with van der Waals surface area (Å²) in [4.78, 5) is 40.3. The molecule has 9 nitrogen and oxygen atoms in total. The van der Waals surface area contributed by atoms with Crippen LogP contribution < -0.4 is 4.72 Å². The number of rotatable bonds is 10. The number of carbonyl (C=O) groups excluding carboxylic acids is 3. The SMILES string of the molecule is CCOC(=O)c1c(C)[nH]c(C(=O)COC(=O)[C@@H](NS(=O)(=O)c2ccc(C)cc2)C(C)C)c1C. The van der Waals surface area contributed by atoms with Crippen LogP contribution in [0.2, 0.25) is 0 Å². The number of ether oxygens (including phenoxy) is 2. The Morgan fingerprint density at radius 1 is 1.03 bits per heavy atom. The van der Waals surface area contributed by atoms with Gasteiger partial charge < -0.3 is 14.5 Å². The molecule has 2 N–H and O–H groups in total. The summed E-state index contributed by atoms with van der Waals surface area (Å²) in [6.07, 6.45) is 0. The zero-order valence-electron chi connectivity index (χ0n) is 19.6. The van der Waals surface area contributed by atoms with E-state index in [1.54, 1.807) is 46.8 Å². The first-order chi connectivity index (χ1) is 15.4. The maximum atomic E-state index is 12.7. The molecule has 0 saturated heterocycles. The number of aromatic amines is 1. The van der Waals surface area contributed by atoms with Crippen molar-refractivity contribution in [1.29, 1.82) is 0 Å². The molecule has 0 saturated carbocycles. The van der Waals surface area contributed by atoms with Crippen LogP contribution in [0.1, 0.15) is 58.4 Å². The molecule has 0 aliphatic rings. The first-order valence-electron chi connectivity index (χ1n) is 10.5. The van der Waals surface area contributed by atoms with Crippen molar-refractivity contribution in [2.24, 2.45) is 5.92 Å². The van der Waals surface area contributed by atoms with E-state index in [2.05, 4.69) is 9.71 Å². The molecule has 0 radical (unpaired) electrons. The number of esters is 2. The molecule has 0 amide bonds. The molecule has 0 aliphatic heterocycles. The molecule has 180 valence electrons. The van der Waals surface area contributed by atoms with Crippen molar-refractivity contribution in [2.45, 2.75) is 52.5 Å². The predicted molar refractivity (Wildman–Crippen MR) is 122 cm³/mol. The van der Waals surface area contributed by atoms with E-state index >= 15 is 0 Å². The van der Waals surface area contributed by atoms with Crippen LogP contribution >= 0.6 is 0 Å². The third-order valence-corrected chi connectivity index (χ3v) is 6.53. The lowest BCUT2D eigenvalue weighted by Gasteiger charge is -2.20. The number of hydrogen-bond acceptors (Lipinski definition) is 7. The van der Waals surface area contributed by atoms with E-state index in [-0.39, 0.29) is 22.8 Å². The lowest BCUT2D eigenvalue weighted by atomic mass is 10.1. The van der Waals surface area contributed by atoms with Gasteiger partial charge >= 0.3 is 11.9 Å². The highest BCUT2D eigenvalue weighted by atomic mass is 32.2. The van der Waals surface area contributed by atoms with Crippen LogP contribution in [-0.4, -0.2) is 50.4 Å². The molecule has 1 aromatic heterocycles. The van der Waals surface area contributed by atoms with Crippen molar-refractivity contribution < 1.29 is 32.3 Å². The maximum absolute atomic E-state index is 12.7. The second-order valence-electron chi connectivity index (χ2n) is 8.03. The van der Waals surface area contributed by atoms with Gasteiger partial charge in [0.05, 0.1) is 22.8 Å². The van der Waals surface area contributed by atoms with Gasteiger partial charge in [0.2, 0.25) is 15.8 Å². The summed E-state index contributed by atoms with van der Waals surface area (Å²) in [5, 5.41) is 0. The Labute approximate surface area is 193 Å². The average Bonchev–Trinajstić information content (AvgIpc) is 3.04. The van der Waals surface area contributed by atoms with Gasteiger partial charge in [0.15, 0.2) is 6.61 Å². The number of Topliss-reactive ketones (excluding diaryl/α,β-unsaturated/α-hetero) is 1. The Morgan fingerprint density at radius 2 is 1.64 bits per heavy atom. The summed E-state index contributed by atoms with van der Waals surface area (Å²) < 4.78 is 37.9. The largest absolute Gasteiger partial charge is 0.462 e. The van der Waals surface area contributed by atoms with Crippen molar-refractivity contribution in [3.8, 4) is 0 Å². The zero-order valence-corrected chi connectivity index (χ0v) is 20.5. The van der Waals surface area contributed by atoms with Gasteiger partial charge in [-0.05, 0) is 51.3 Å². The van der Waals surface area contributed by atoms with Gasteiger partial charge in [-0.2, -0.15) is 4.72 Å². The van der Waals surface area contributed by atoms with Crippen molar-refractivity contribution in [3.05, 3.63) is 52.3 Å². The van der Waals surface area contributed by atoms with E-state index in [0.29, 0.717) is 11.3 Å². The number of hydrogen-bond donors (Lipinski definition) is 2. The standard InChI is InChI=1S/C23H30N2O7S/c1-7-31-22(27)19-15(5)21(24-16(19)6)18(26)12-32-23(28)20(13(2)3)25-33(29,30)17-10-8-14(4)9-11-17/h8-11,13,20,24-25H,7,12H2,1-6H3/t20-/m0/s1. The molecule has 0 aliphatic carbocycles. The van der Waals surface area contributed by atoms with E-state index in [1.807, 2.05) is 6.92 Å². The maximum Gasteiger partial charge on any atom is 0.340 e. The molecule has 0 bridgehead atoms. The number of benzene rings is 1. The Bertz CT molecular complexity index is 1130. The van der Waals surface area contributed by atoms with Crippen LogP contribution in [0.25, 0.3) is 0 Å². The first kappa shape index (κ1) is 26.3. The van der Waals surface area contributed by atoms with E-state index in [1.165, 1.54) is 12.1 Å². The predicted octanol–water partition coefficient (Wildman–Crippen LogP) is 2.85. The minimum Gasteiger partial charge on any atom is -0.462 e. The Hall–Kier alpha value is -2.98. The number of ketones is 1. The monoisotopic (exact) mass is 478 g/mol. The molecule has 2 rings (SSSR count). The number of sulfonamides is 1. The summed E-state index contributed by atoms with van der Waals surface area (Å²) in [5.41, 5.74) is 2.15. The van der Waals surface area contributed by atoms with Crippen LogP contribution in [0.5, 0.6) is 0 Å². The van der Waals surface area contributed by atoms with Crippen LogP contribution in [-0.2, 0) is 24.3 Å². The molecule has 0 unspecified atom stereocenters. The normalized spacial score (nSPS) is 12.5. The molecular weight excluding hydrogens is 448 g/mol. The second-order valence-corrected chi connectivity index (χ2v) is 9.75. The third-order valence-electron chi connectivity index (χ3n) is 5.08. The molecule has 0 fully saturated rings. The third kappa shape index (κ3) is 6.29. The summed E-state index contributed by atoms with van der Waals surface area (Å²) >= 11 is 0. The van der Waals surface area contributed by atoms with Gasteiger partial charge in [0.25, 0.3) is 0 Å². The van der Waals surface area contributed by atoms with Crippen molar-refractivity contribution in [2.75, 3.05) is 13.2 Å². The Balaban J connectivity index is 2.12. The van der Waals surface area contributed by atoms with Gasteiger partial charge in [0.1, 0.15) is 6.04 Å². The molecule has 33 heavy (non-hydrogen) atoms. The van der Waals surface area contributed by atoms with E-state index in [0.717, 1.165) is 5.56 Å². The van der Waals surface area contributed by atoms with Gasteiger partial charge in [-0.15, -0.1) is 0 Å². The molecule has 10 heteroatoms. The second kappa shape index (κ2) is 10.8. The van der Waals surface area contributed by atoms with Crippen LogP contribution in [0.4, 0.5) is 0 Å². The fraction of sp³-hybridized carbons (Fsp3) is 0.435. The minimum atomic E-state index is -3.97. The van der Waals surface area contributed by atoms with Gasteiger partial charge in [-0.3, -0.25) is 9.59 Å². The molecule has 1 atom stereocenters. The van der Waals surface area contributed by atoms with E-state index in [4.69, 9.17) is 9.47 Å². The molecule has 1 heterocycles. The first-order valence-corrected chi connectivity index (χ1v) is 12.0.